The molecule has 0 heterocycles. The minimum absolute atomic E-state index is 0.124. The number of esters is 1. The van der Waals surface area contributed by atoms with E-state index in [0.717, 1.165) is 0 Å². The molecule has 0 saturated heterocycles. The zero-order valence-electron chi connectivity index (χ0n) is 11.5. The van der Waals surface area contributed by atoms with Crippen molar-refractivity contribution in [2.45, 2.75) is 26.4 Å². The predicted molar refractivity (Wildman–Crippen MR) is 73.5 cm³/mol. The van der Waals surface area contributed by atoms with E-state index in [0.29, 0.717) is 16.8 Å². The predicted octanol–water partition coefficient (Wildman–Crippen LogP) is 0.717. The van der Waals surface area contributed by atoms with E-state index in [9.17, 15) is 14.7 Å². The number of nitrogens with one attached hydrogen (secondary N) is 1. The molecule has 0 spiro atoms. The van der Waals surface area contributed by atoms with E-state index < -0.39 is 18.7 Å². The third kappa shape index (κ3) is 4.64. The SMILES string of the molecule is CCOC(=O)c1ccc(NC(C)=O)c(C[C@H](O)CO)c1. The summed E-state index contributed by atoms with van der Waals surface area (Å²) in [6.07, 6.45) is -0.834. The van der Waals surface area contributed by atoms with Crippen molar-refractivity contribution in [1.82, 2.24) is 0 Å². The van der Waals surface area contributed by atoms with Crippen LogP contribution >= 0.6 is 0 Å². The van der Waals surface area contributed by atoms with Gasteiger partial charge in [0.1, 0.15) is 0 Å². The first-order valence-electron chi connectivity index (χ1n) is 6.34. The molecule has 1 amide bonds. The van der Waals surface area contributed by atoms with Crippen molar-refractivity contribution >= 4 is 17.6 Å². The number of hydrogen-bond donors (Lipinski definition) is 3. The highest BCUT2D eigenvalue weighted by molar-refractivity contribution is 5.93. The van der Waals surface area contributed by atoms with Gasteiger partial charge in [0.05, 0.1) is 24.9 Å². The standard InChI is InChI=1S/C14H19NO5/c1-3-20-14(19)10-4-5-13(15-9(2)17)11(6-10)7-12(18)8-16/h4-6,12,16,18H,3,7-8H2,1-2H3,(H,15,17)/t12-/m0/s1. The van der Waals surface area contributed by atoms with E-state index in [4.69, 9.17) is 9.84 Å². The van der Waals surface area contributed by atoms with Crippen molar-refractivity contribution in [3.8, 4) is 0 Å². The summed E-state index contributed by atoms with van der Waals surface area (Å²) in [7, 11) is 0. The van der Waals surface area contributed by atoms with Crippen LogP contribution in [0.5, 0.6) is 0 Å². The van der Waals surface area contributed by atoms with E-state index in [1.165, 1.54) is 13.0 Å². The van der Waals surface area contributed by atoms with Gasteiger partial charge in [-0.1, -0.05) is 0 Å². The molecule has 0 aromatic heterocycles. The molecule has 110 valence electrons. The zero-order valence-corrected chi connectivity index (χ0v) is 11.5. The van der Waals surface area contributed by atoms with Crippen LogP contribution in [0.2, 0.25) is 0 Å². The maximum atomic E-state index is 11.7. The number of aliphatic hydroxyl groups excluding tert-OH is 2. The van der Waals surface area contributed by atoms with E-state index in [1.807, 2.05) is 0 Å². The molecule has 3 N–H and O–H groups in total. The van der Waals surface area contributed by atoms with Crippen molar-refractivity contribution in [2.24, 2.45) is 0 Å². The highest BCUT2D eigenvalue weighted by atomic mass is 16.5. The maximum absolute atomic E-state index is 11.7. The quantitative estimate of drug-likeness (QED) is 0.668. The van der Waals surface area contributed by atoms with Crippen LogP contribution in [0.3, 0.4) is 0 Å². The van der Waals surface area contributed by atoms with Crippen LogP contribution in [0, 0.1) is 0 Å². The van der Waals surface area contributed by atoms with Gasteiger partial charge in [-0.05, 0) is 30.7 Å². The summed E-state index contributed by atoms with van der Waals surface area (Å²) in [5.41, 5.74) is 1.39. The third-order valence-corrected chi connectivity index (χ3v) is 2.59. The molecule has 0 saturated carbocycles. The van der Waals surface area contributed by atoms with Gasteiger partial charge in [0.15, 0.2) is 0 Å². The van der Waals surface area contributed by atoms with Gasteiger partial charge >= 0.3 is 5.97 Å². The number of benzene rings is 1. The molecule has 0 bridgehead atoms. The van der Waals surface area contributed by atoms with Crippen molar-refractivity contribution < 1.29 is 24.5 Å². The summed E-state index contributed by atoms with van der Waals surface area (Å²) in [5, 5.41) is 21.0. The van der Waals surface area contributed by atoms with Crippen molar-refractivity contribution in [3.63, 3.8) is 0 Å². The number of carbonyl (C=O) groups excluding carboxylic acids is 2. The third-order valence-electron chi connectivity index (χ3n) is 2.59. The van der Waals surface area contributed by atoms with Crippen LogP contribution in [0.4, 0.5) is 5.69 Å². The van der Waals surface area contributed by atoms with Crippen LogP contribution in [-0.2, 0) is 16.0 Å². The summed E-state index contributed by atoms with van der Waals surface area (Å²) < 4.78 is 4.90. The maximum Gasteiger partial charge on any atom is 0.338 e. The number of anilines is 1. The lowest BCUT2D eigenvalue weighted by Gasteiger charge is -2.14. The van der Waals surface area contributed by atoms with Crippen molar-refractivity contribution in [2.75, 3.05) is 18.5 Å². The Hall–Kier alpha value is -1.92. The Labute approximate surface area is 117 Å². The summed E-state index contributed by atoms with van der Waals surface area (Å²) in [6.45, 7) is 2.94. The minimum Gasteiger partial charge on any atom is -0.462 e. The van der Waals surface area contributed by atoms with Gasteiger partial charge in [0.2, 0.25) is 5.91 Å². The average Bonchev–Trinajstić information content (AvgIpc) is 2.40. The largest absolute Gasteiger partial charge is 0.462 e. The van der Waals surface area contributed by atoms with E-state index in [-0.39, 0.29) is 18.9 Å². The van der Waals surface area contributed by atoms with E-state index in [1.54, 1.807) is 19.1 Å². The molecule has 0 fully saturated rings. The first kappa shape index (κ1) is 16.1. The topological polar surface area (TPSA) is 95.9 Å². The van der Waals surface area contributed by atoms with E-state index >= 15 is 0 Å². The summed E-state index contributed by atoms with van der Waals surface area (Å²) in [6, 6.07) is 4.66. The normalized spacial score (nSPS) is 11.8. The van der Waals surface area contributed by atoms with Crippen LogP contribution in [0.25, 0.3) is 0 Å². The lowest BCUT2D eigenvalue weighted by Crippen LogP contribution is -2.18. The molecule has 1 aromatic rings. The van der Waals surface area contributed by atoms with Gasteiger partial charge < -0.3 is 20.3 Å². The summed E-state index contributed by atoms with van der Waals surface area (Å²) >= 11 is 0. The molecule has 0 radical (unpaired) electrons. The molecule has 1 rings (SSSR count). The summed E-state index contributed by atoms with van der Waals surface area (Å²) in [5.74, 6) is -0.727. The highest BCUT2D eigenvalue weighted by Gasteiger charge is 2.14. The van der Waals surface area contributed by atoms with Gasteiger partial charge in [-0.15, -0.1) is 0 Å². The molecule has 1 atom stereocenters. The highest BCUT2D eigenvalue weighted by Crippen LogP contribution is 2.20. The second-order valence-electron chi connectivity index (χ2n) is 4.31. The van der Waals surface area contributed by atoms with Crippen LogP contribution in [0.1, 0.15) is 29.8 Å². The molecule has 6 nitrogen and oxygen atoms in total. The molecule has 1 aromatic carbocycles. The Morgan fingerprint density at radius 2 is 2.10 bits per heavy atom. The lowest BCUT2D eigenvalue weighted by molar-refractivity contribution is -0.114. The Bertz CT molecular complexity index is 486. The van der Waals surface area contributed by atoms with Crippen LogP contribution in [-0.4, -0.2) is 41.4 Å². The number of hydrogen-bond acceptors (Lipinski definition) is 5. The van der Waals surface area contributed by atoms with Crippen molar-refractivity contribution in [1.29, 1.82) is 0 Å². The number of rotatable bonds is 6. The monoisotopic (exact) mass is 281 g/mol. The van der Waals surface area contributed by atoms with Gasteiger partial charge in [-0.3, -0.25) is 4.79 Å². The van der Waals surface area contributed by atoms with Gasteiger partial charge in [0, 0.05) is 19.0 Å². The second kappa shape index (κ2) is 7.62. The second-order valence-corrected chi connectivity index (χ2v) is 4.31. The molecular formula is C14H19NO5. The fourth-order valence-corrected chi connectivity index (χ4v) is 1.73. The minimum atomic E-state index is -0.958. The fraction of sp³-hybridized carbons (Fsp3) is 0.429. The molecule has 0 aliphatic carbocycles. The van der Waals surface area contributed by atoms with Crippen molar-refractivity contribution in [3.05, 3.63) is 29.3 Å². The first-order chi connectivity index (χ1) is 9.47. The Balaban J connectivity index is 3.06. The van der Waals surface area contributed by atoms with Crippen LogP contribution in [0.15, 0.2) is 18.2 Å². The molecule has 6 heteroatoms. The number of carbonyl (C=O) groups is 2. The first-order valence-corrected chi connectivity index (χ1v) is 6.34. The van der Waals surface area contributed by atoms with Gasteiger partial charge in [-0.2, -0.15) is 0 Å². The number of ether oxygens (including phenoxy) is 1. The molecule has 0 aliphatic heterocycles. The summed E-state index contributed by atoms with van der Waals surface area (Å²) in [4.78, 5) is 22.8. The Kier molecular flexibility index (Phi) is 6.14. The average molecular weight is 281 g/mol. The fourth-order valence-electron chi connectivity index (χ4n) is 1.73. The number of aliphatic hydroxyl groups is 2. The smallest absolute Gasteiger partial charge is 0.338 e. The Morgan fingerprint density at radius 1 is 1.40 bits per heavy atom. The lowest BCUT2D eigenvalue weighted by atomic mass is 10.0. The van der Waals surface area contributed by atoms with Gasteiger partial charge in [0.25, 0.3) is 0 Å². The molecule has 20 heavy (non-hydrogen) atoms. The van der Waals surface area contributed by atoms with Crippen LogP contribution < -0.4 is 5.32 Å². The number of amides is 1. The van der Waals surface area contributed by atoms with E-state index in [2.05, 4.69) is 5.32 Å². The molecular weight excluding hydrogens is 262 g/mol. The molecule has 0 unspecified atom stereocenters. The molecule has 0 aliphatic rings. The Morgan fingerprint density at radius 3 is 2.65 bits per heavy atom. The zero-order chi connectivity index (χ0) is 15.1. The van der Waals surface area contributed by atoms with Gasteiger partial charge in [-0.25, -0.2) is 4.79 Å².